The lowest BCUT2D eigenvalue weighted by molar-refractivity contribution is -0.165. The van der Waals surface area contributed by atoms with Gasteiger partial charge in [0.1, 0.15) is 6.42 Å². The van der Waals surface area contributed by atoms with Gasteiger partial charge in [-0.25, -0.2) is 0 Å². The highest BCUT2D eigenvalue weighted by Crippen LogP contribution is 2.33. The minimum atomic E-state index is -4.48. The molecule has 1 unspecified atom stereocenters. The van der Waals surface area contributed by atoms with Crippen LogP contribution in [0.25, 0.3) is 0 Å². The van der Waals surface area contributed by atoms with Gasteiger partial charge in [-0.3, -0.25) is 14.5 Å². The van der Waals surface area contributed by atoms with Crippen LogP contribution in [0.5, 0.6) is 0 Å². The number of nitrogens with zero attached hydrogens (tertiary/aromatic N) is 3. The van der Waals surface area contributed by atoms with E-state index in [1.165, 1.54) is 4.90 Å². The molecular weight excluding hydrogens is 311 g/mol. The van der Waals surface area contributed by atoms with Crippen molar-refractivity contribution in [2.24, 2.45) is 0 Å². The Kier molecular flexibility index (Phi) is 5.23. The number of hydrogen-bond acceptors (Lipinski definition) is 3. The molecule has 0 aromatic rings. The van der Waals surface area contributed by atoms with Crippen LogP contribution >= 0.6 is 0 Å². The summed E-state index contributed by atoms with van der Waals surface area (Å²) in [5.41, 5.74) is -0.404. The summed E-state index contributed by atoms with van der Waals surface area (Å²) in [4.78, 5) is 29.2. The SMILES string of the molecule is CCN1CCC2(CCC1=O)CN(C(=O)CC(F)(F)F)CCN2C. The van der Waals surface area contributed by atoms with Crippen molar-refractivity contribution in [1.29, 1.82) is 0 Å². The fraction of sp³-hybridized carbons (Fsp3) is 0.867. The number of amides is 2. The van der Waals surface area contributed by atoms with Gasteiger partial charge < -0.3 is 9.80 Å². The molecular formula is C15H24F3N3O2. The third kappa shape index (κ3) is 4.16. The molecule has 2 fully saturated rings. The molecule has 5 nitrogen and oxygen atoms in total. The minimum Gasteiger partial charge on any atom is -0.343 e. The molecule has 0 radical (unpaired) electrons. The van der Waals surface area contributed by atoms with E-state index in [-0.39, 0.29) is 12.5 Å². The number of likely N-dealkylation sites (tertiary alicyclic amines) is 1. The lowest BCUT2D eigenvalue weighted by Crippen LogP contribution is -2.62. The summed E-state index contributed by atoms with van der Waals surface area (Å²) in [6.07, 6.45) is -4.26. The fourth-order valence-electron chi connectivity index (χ4n) is 3.52. The highest BCUT2D eigenvalue weighted by molar-refractivity contribution is 5.78. The largest absolute Gasteiger partial charge is 0.397 e. The molecule has 2 amide bonds. The van der Waals surface area contributed by atoms with Crippen molar-refractivity contribution >= 4 is 11.8 Å². The van der Waals surface area contributed by atoms with Gasteiger partial charge in [-0.1, -0.05) is 0 Å². The average molecular weight is 335 g/mol. The summed E-state index contributed by atoms with van der Waals surface area (Å²) in [6.45, 7) is 4.24. The first-order chi connectivity index (χ1) is 10.7. The van der Waals surface area contributed by atoms with E-state index < -0.39 is 24.0 Å². The van der Waals surface area contributed by atoms with Crippen LogP contribution in [0.15, 0.2) is 0 Å². The summed E-state index contributed by atoms with van der Waals surface area (Å²) < 4.78 is 37.4. The summed E-state index contributed by atoms with van der Waals surface area (Å²) in [5, 5.41) is 0. The van der Waals surface area contributed by atoms with Crippen molar-refractivity contribution < 1.29 is 22.8 Å². The quantitative estimate of drug-likeness (QED) is 0.768. The highest BCUT2D eigenvalue weighted by atomic mass is 19.4. The van der Waals surface area contributed by atoms with Gasteiger partial charge in [0.15, 0.2) is 0 Å². The van der Waals surface area contributed by atoms with Crippen LogP contribution in [0.3, 0.4) is 0 Å². The fourth-order valence-corrected chi connectivity index (χ4v) is 3.52. The molecule has 8 heteroatoms. The number of hydrogen-bond donors (Lipinski definition) is 0. The zero-order chi connectivity index (χ0) is 17.3. The van der Waals surface area contributed by atoms with Crippen molar-refractivity contribution in [3.8, 4) is 0 Å². The molecule has 0 aromatic carbocycles. The van der Waals surface area contributed by atoms with Crippen LogP contribution < -0.4 is 0 Å². The Morgan fingerprint density at radius 2 is 1.91 bits per heavy atom. The summed E-state index contributed by atoms with van der Waals surface area (Å²) in [6, 6.07) is 0. The monoisotopic (exact) mass is 335 g/mol. The van der Waals surface area contributed by atoms with Crippen LogP contribution in [-0.4, -0.2) is 78.0 Å². The summed E-state index contributed by atoms with van der Waals surface area (Å²) >= 11 is 0. The molecule has 0 aromatic heterocycles. The van der Waals surface area contributed by atoms with Gasteiger partial charge in [0.25, 0.3) is 0 Å². The van der Waals surface area contributed by atoms with E-state index in [1.807, 2.05) is 14.0 Å². The van der Waals surface area contributed by atoms with E-state index in [9.17, 15) is 22.8 Å². The number of halogens is 3. The van der Waals surface area contributed by atoms with Gasteiger partial charge in [-0.2, -0.15) is 13.2 Å². The lowest BCUT2D eigenvalue weighted by Gasteiger charge is -2.49. The molecule has 2 aliphatic rings. The second-order valence-corrected chi connectivity index (χ2v) is 6.48. The molecule has 2 aliphatic heterocycles. The molecule has 0 saturated carbocycles. The third-order valence-electron chi connectivity index (χ3n) is 5.09. The second-order valence-electron chi connectivity index (χ2n) is 6.48. The topological polar surface area (TPSA) is 43.9 Å². The highest BCUT2D eigenvalue weighted by Gasteiger charge is 2.44. The Morgan fingerprint density at radius 1 is 1.22 bits per heavy atom. The number of rotatable bonds is 2. The number of likely N-dealkylation sites (N-methyl/N-ethyl adjacent to an activating group) is 1. The van der Waals surface area contributed by atoms with E-state index in [0.717, 1.165) is 0 Å². The van der Waals surface area contributed by atoms with Gasteiger partial charge in [0, 0.05) is 44.7 Å². The molecule has 0 aliphatic carbocycles. The van der Waals surface area contributed by atoms with Crippen LogP contribution in [0.1, 0.15) is 32.6 Å². The van der Waals surface area contributed by atoms with Gasteiger partial charge in [0.05, 0.1) is 0 Å². The molecule has 23 heavy (non-hydrogen) atoms. The van der Waals surface area contributed by atoms with Crippen molar-refractivity contribution in [2.75, 3.05) is 39.8 Å². The first-order valence-corrected chi connectivity index (χ1v) is 8.00. The predicted octanol–water partition coefficient (Wildman–Crippen LogP) is 1.48. The standard InChI is InChI=1S/C15H24F3N3O2/c1-3-20-7-6-14(5-4-12(20)22)11-21(9-8-19(14)2)13(23)10-15(16,17)18/h3-11H2,1-2H3. The van der Waals surface area contributed by atoms with Crippen LogP contribution in [0.2, 0.25) is 0 Å². The van der Waals surface area contributed by atoms with Gasteiger partial charge in [0.2, 0.25) is 11.8 Å². The Morgan fingerprint density at radius 3 is 2.52 bits per heavy atom. The van der Waals surface area contributed by atoms with E-state index in [2.05, 4.69) is 4.90 Å². The van der Waals surface area contributed by atoms with E-state index >= 15 is 0 Å². The smallest absolute Gasteiger partial charge is 0.343 e. The molecule has 1 atom stereocenters. The number of piperazine rings is 1. The van der Waals surface area contributed by atoms with Gasteiger partial charge >= 0.3 is 6.18 Å². The summed E-state index contributed by atoms with van der Waals surface area (Å²) in [7, 11) is 1.93. The zero-order valence-electron chi connectivity index (χ0n) is 13.7. The maximum absolute atomic E-state index is 12.5. The molecule has 2 heterocycles. The number of carbonyl (C=O) groups excluding carboxylic acids is 2. The molecule has 2 rings (SSSR count). The number of alkyl halides is 3. The van der Waals surface area contributed by atoms with Crippen LogP contribution in [0.4, 0.5) is 13.2 Å². The molecule has 0 bridgehead atoms. The Hall–Kier alpha value is -1.31. The number of carbonyl (C=O) groups is 2. The minimum absolute atomic E-state index is 0.0801. The molecule has 0 N–H and O–H groups in total. The summed E-state index contributed by atoms with van der Waals surface area (Å²) in [5.74, 6) is -0.788. The molecule has 1 spiro atoms. The van der Waals surface area contributed by atoms with Crippen LogP contribution in [-0.2, 0) is 9.59 Å². The van der Waals surface area contributed by atoms with Gasteiger partial charge in [-0.15, -0.1) is 0 Å². The molecule has 132 valence electrons. The van der Waals surface area contributed by atoms with E-state index in [4.69, 9.17) is 0 Å². The van der Waals surface area contributed by atoms with Crippen LogP contribution in [0, 0.1) is 0 Å². The van der Waals surface area contributed by atoms with Crippen molar-refractivity contribution in [3.05, 3.63) is 0 Å². The first kappa shape index (κ1) is 18.0. The Balaban J connectivity index is 2.11. The third-order valence-corrected chi connectivity index (χ3v) is 5.09. The maximum Gasteiger partial charge on any atom is 0.397 e. The first-order valence-electron chi connectivity index (χ1n) is 8.00. The zero-order valence-corrected chi connectivity index (χ0v) is 13.7. The van der Waals surface area contributed by atoms with Crippen molar-refractivity contribution in [3.63, 3.8) is 0 Å². The van der Waals surface area contributed by atoms with Crippen molar-refractivity contribution in [1.82, 2.24) is 14.7 Å². The Labute approximate surface area is 134 Å². The Bertz CT molecular complexity index is 469. The van der Waals surface area contributed by atoms with E-state index in [0.29, 0.717) is 45.4 Å². The lowest BCUT2D eigenvalue weighted by atomic mass is 9.86. The predicted molar refractivity (Wildman–Crippen MR) is 78.7 cm³/mol. The van der Waals surface area contributed by atoms with E-state index in [1.54, 1.807) is 4.90 Å². The van der Waals surface area contributed by atoms with Gasteiger partial charge in [-0.05, 0) is 26.8 Å². The molecule has 2 saturated heterocycles. The average Bonchev–Trinajstić information content (AvgIpc) is 2.61. The normalized spacial score (nSPS) is 27.4. The van der Waals surface area contributed by atoms with Crippen molar-refractivity contribution in [2.45, 2.75) is 44.3 Å². The maximum atomic E-state index is 12.5. The second kappa shape index (κ2) is 6.67.